The molecule has 3 heteroatoms. The van der Waals surface area contributed by atoms with Gasteiger partial charge in [-0.2, -0.15) is 0 Å². The molecule has 0 aliphatic heterocycles. The van der Waals surface area contributed by atoms with Gasteiger partial charge in [-0.05, 0) is 57.9 Å². The van der Waals surface area contributed by atoms with Crippen LogP contribution in [0.4, 0.5) is 0 Å². The summed E-state index contributed by atoms with van der Waals surface area (Å²) in [6.07, 6.45) is 7.57. The second kappa shape index (κ2) is 8.93. The average molecular weight is 270 g/mol. The molecule has 0 saturated heterocycles. The molecular weight excluding hydrogens is 236 g/mol. The van der Waals surface area contributed by atoms with Gasteiger partial charge in [-0.3, -0.25) is 4.90 Å². The minimum absolute atomic E-state index is 0.273. The average Bonchev–Trinajstić information content (AvgIpc) is 2.44. The number of nitrogens with zero attached hydrogens (tertiary/aromatic N) is 1. The van der Waals surface area contributed by atoms with Crippen LogP contribution in [0.2, 0.25) is 0 Å². The topological polar surface area (TPSA) is 38.5 Å². The van der Waals surface area contributed by atoms with Crippen molar-refractivity contribution in [1.29, 1.82) is 0 Å². The van der Waals surface area contributed by atoms with Crippen molar-refractivity contribution in [2.45, 2.75) is 64.8 Å². The molecule has 1 rings (SSSR count). The third-order valence-corrected chi connectivity index (χ3v) is 4.67. The molecule has 0 aromatic carbocycles. The van der Waals surface area contributed by atoms with E-state index in [4.69, 9.17) is 10.5 Å². The molecule has 0 radical (unpaired) electrons. The maximum absolute atomic E-state index is 6.17. The summed E-state index contributed by atoms with van der Waals surface area (Å²) in [4.78, 5) is 2.66. The van der Waals surface area contributed by atoms with Crippen molar-refractivity contribution in [3.8, 4) is 0 Å². The number of hydrogen-bond donors (Lipinski definition) is 1. The fourth-order valence-electron chi connectivity index (χ4n) is 3.31. The van der Waals surface area contributed by atoms with Gasteiger partial charge in [0.2, 0.25) is 0 Å². The Morgan fingerprint density at radius 2 is 1.89 bits per heavy atom. The van der Waals surface area contributed by atoms with Crippen molar-refractivity contribution in [3.05, 3.63) is 0 Å². The van der Waals surface area contributed by atoms with Crippen LogP contribution in [0.5, 0.6) is 0 Å². The smallest absolute Gasteiger partial charge is 0.0478 e. The molecule has 0 spiro atoms. The molecule has 114 valence electrons. The Morgan fingerprint density at radius 1 is 1.21 bits per heavy atom. The van der Waals surface area contributed by atoms with Gasteiger partial charge < -0.3 is 10.5 Å². The molecule has 1 fully saturated rings. The summed E-state index contributed by atoms with van der Waals surface area (Å²) in [7, 11) is 0. The number of hydrogen-bond acceptors (Lipinski definition) is 3. The molecule has 3 nitrogen and oxygen atoms in total. The van der Waals surface area contributed by atoms with Gasteiger partial charge in [-0.15, -0.1) is 0 Å². The fraction of sp³-hybridized carbons (Fsp3) is 1.00. The second-order valence-electron chi connectivity index (χ2n) is 6.15. The van der Waals surface area contributed by atoms with Crippen LogP contribution >= 0.6 is 0 Å². The summed E-state index contributed by atoms with van der Waals surface area (Å²) >= 11 is 0. The Bertz CT molecular complexity index is 225. The summed E-state index contributed by atoms with van der Waals surface area (Å²) in [5, 5.41) is 0. The van der Waals surface area contributed by atoms with E-state index in [0.717, 1.165) is 38.6 Å². The molecule has 2 N–H and O–H groups in total. The van der Waals surface area contributed by atoms with Crippen molar-refractivity contribution < 1.29 is 4.74 Å². The predicted octanol–water partition coefficient (Wildman–Crippen LogP) is 3.03. The van der Waals surface area contributed by atoms with E-state index in [2.05, 4.69) is 25.7 Å². The zero-order valence-electron chi connectivity index (χ0n) is 13.3. The first-order valence-electron chi connectivity index (χ1n) is 8.21. The highest BCUT2D eigenvalue weighted by Gasteiger charge is 2.37. The SMILES string of the molecule is CCCN(CCCOCC)C1(CN)CCC(C)CC1. The number of rotatable bonds is 9. The first-order chi connectivity index (χ1) is 9.18. The number of nitrogens with two attached hydrogens (primary N) is 1. The molecule has 19 heavy (non-hydrogen) atoms. The van der Waals surface area contributed by atoms with E-state index in [9.17, 15) is 0 Å². The minimum Gasteiger partial charge on any atom is -0.382 e. The van der Waals surface area contributed by atoms with Crippen LogP contribution in [0.1, 0.15) is 59.3 Å². The van der Waals surface area contributed by atoms with Crippen molar-refractivity contribution >= 4 is 0 Å². The van der Waals surface area contributed by atoms with E-state index in [-0.39, 0.29) is 5.54 Å². The highest BCUT2D eigenvalue weighted by Crippen LogP contribution is 2.36. The minimum atomic E-state index is 0.273. The molecule has 0 unspecified atom stereocenters. The summed E-state index contributed by atoms with van der Waals surface area (Å²) in [5.74, 6) is 0.881. The van der Waals surface area contributed by atoms with Gasteiger partial charge in [0.25, 0.3) is 0 Å². The Morgan fingerprint density at radius 3 is 2.42 bits per heavy atom. The van der Waals surface area contributed by atoms with Crippen molar-refractivity contribution in [2.75, 3.05) is 32.8 Å². The maximum atomic E-state index is 6.17. The quantitative estimate of drug-likeness (QED) is 0.655. The van der Waals surface area contributed by atoms with Crippen molar-refractivity contribution in [2.24, 2.45) is 11.7 Å². The molecular formula is C16H34N2O. The molecule has 0 amide bonds. The van der Waals surface area contributed by atoms with Crippen LogP contribution in [0.25, 0.3) is 0 Å². The Hall–Kier alpha value is -0.120. The fourth-order valence-corrected chi connectivity index (χ4v) is 3.31. The Kier molecular flexibility index (Phi) is 7.96. The van der Waals surface area contributed by atoms with Crippen LogP contribution in [-0.4, -0.2) is 43.3 Å². The molecule has 1 aliphatic rings. The van der Waals surface area contributed by atoms with Gasteiger partial charge in [-0.25, -0.2) is 0 Å². The predicted molar refractivity (Wildman–Crippen MR) is 82.4 cm³/mol. The molecule has 1 aliphatic carbocycles. The Labute approximate surface area is 119 Å². The van der Waals surface area contributed by atoms with Gasteiger partial charge in [0, 0.05) is 31.8 Å². The van der Waals surface area contributed by atoms with E-state index < -0.39 is 0 Å². The van der Waals surface area contributed by atoms with E-state index in [1.165, 1.54) is 38.6 Å². The third-order valence-electron chi connectivity index (χ3n) is 4.67. The van der Waals surface area contributed by atoms with Gasteiger partial charge in [-0.1, -0.05) is 13.8 Å². The Balaban J connectivity index is 2.55. The van der Waals surface area contributed by atoms with Crippen molar-refractivity contribution in [1.82, 2.24) is 4.90 Å². The molecule has 0 aromatic rings. The van der Waals surface area contributed by atoms with Gasteiger partial charge >= 0.3 is 0 Å². The van der Waals surface area contributed by atoms with E-state index in [0.29, 0.717) is 0 Å². The monoisotopic (exact) mass is 270 g/mol. The van der Waals surface area contributed by atoms with Crippen LogP contribution in [0, 0.1) is 5.92 Å². The van der Waals surface area contributed by atoms with E-state index in [1.807, 2.05) is 0 Å². The molecule has 0 atom stereocenters. The summed E-state index contributed by atoms with van der Waals surface area (Å²) in [5.41, 5.74) is 6.44. The van der Waals surface area contributed by atoms with Crippen LogP contribution in [0.15, 0.2) is 0 Å². The maximum Gasteiger partial charge on any atom is 0.0478 e. The van der Waals surface area contributed by atoms with E-state index in [1.54, 1.807) is 0 Å². The lowest BCUT2D eigenvalue weighted by molar-refractivity contribution is 0.0346. The first kappa shape index (κ1) is 16.9. The lowest BCUT2D eigenvalue weighted by Crippen LogP contribution is -2.56. The highest BCUT2D eigenvalue weighted by molar-refractivity contribution is 4.95. The summed E-state index contributed by atoms with van der Waals surface area (Å²) in [6, 6.07) is 0. The summed E-state index contributed by atoms with van der Waals surface area (Å²) < 4.78 is 5.48. The standard InChI is InChI=1S/C16H34N2O/c1-4-11-18(12-6-13-19-5-2)16(14-17)9-7-15(3)8-10-16/h15H,4-14,17H2,1-3H3. The summed E-state index contributed by atoms with van der Waals surface area (Å²) in [6.45, 7) is 11.5. The van der Waals surface area contributed by atoms with Gasteiger partial charge in [0.05, 0.1) is 0 Å². The van der Waals surface area contributed by atoms with E-state index >= 15 is 0 Å². The zero-order valence-corrected chi connectivity index (χ0v) is 13.3. The molecule has 1 saturated carbocycles. The second-order valence-corrected chi connectivity index (χ2v) is 6.15. The third kappa shape index (κ3) is 5.05. The largest absolute Gasteiger partial charge is 0.382 e. The number of ether oxygens (including phenoxy) is 1. The molecule has 0 bridgehead atoms. The van der Waals surface area contributed by atoms with Crippen LogP contribution in [0.3, 0.4) is 0 Å². The highest BCUT2D eigenvalue weighted by atomic mass is 16.5. The van der Waals surface area contributed by atoms with Crippen molar-refractivity contribution in [3.63, 3.8) is 0 Å². The molecule has 0 aromatic heterocycles. The zero-order chi connectivity index (χ0) is 14.1. The van der Waals surface area contributed by atoms with Gasteiger partial charge in [0.1, 0.15) is 0 Å². The normalized spacial score (nSPS) is 27.9. The van der Waals surface area contributed by atoms with Crippen LogP contribution in [-0.2, 0) is 4.74 Å². The first-order valence-corrected chi connectivity index (χ1v) is 8.21. The van der Waals surface area contributed by atoms with Gasteiger partial charge in [0.15, 0.2) is 0 Å². The lowest BCUT2D eigenvalue weighted by atomic mass is 9.76. The molecule has 0 heterocycles. The lowest BCUT2D eigenvalue weighted by Gasteiger charge is -2.47. The van der Waals surface area contributed by atoms with Crippen LogP contribution < -0.4 is 5.73 Å².